The molecule has 0 aliphatic carbocycles. The SMILES string of the molecule is C=CC(CCOCCC(C=C)N(C)C)N(C)C. The summed E-state index contributed by atoms with van der Waals surface area (Å²) in [7, 11) is 8.25. The topological polar surface area (TPSA) is 15.7 Å². The van der Waals surface area contributed by atoms with E-state index in [1.807, 2.05) is 12.2 Å². The lowest BCUT2D eigenvalue weighted by molar-refractivity contribution is 0.104. The van der Waals surface area contributed by atoms with Crippen LogP contribution in [0.5, 0.6) is 0 Å². The average Bonchev–Trinajstić information content (AvgIpc) is 2.27. The van der Waals surface area contributed by atoms with Crippen LogP contribution in [0.15, 0.2) is 25.3 Å². The first kappa shape index (κ1) is 16.4. The van der Waals surface area contributed by atoms with Crippen molar-refractivity contribution < 1.29 is 4.74 Å². The molecule has 0 fully saturated rings. The molecule has 0 aromatic carbocycles. The van der Waals surface area contributed by atoms with Crippen LogP contribution in [-0.4, -0.2) is 63.3 Å². The Morgan fingerprint density at radius 2 is 1.24 bits per heavy atom. The summed E-state index contributed by atoms with van der Waals surface area (Å²) in [4.78, 5) is 4.31. The summed E-state index contributed by atoms with van der Waals surface area (Å²) >= 11 is 0. The second-order valence-corrected chi connectivity index (χ2v) is 4.72. The molecule has 3 nitrogen and oxygen atoms in total. The molecule has 3 heteroatoms. The predicted molar refractivity (Wildman–Crippen MR) is 75.4 cm³/mol. The van der Waals surface area contributed by atoms with Gasteiger partial charge in [-0.3, -0.25) is 0 Å². The third kappa shape index (κ3) is 7.31. The minimum Gasteiger partial charge on any atom is -0.381 e. The Morgan fingerprint density at radius 3 is 1.47 bits per heavy atom. The van der Waals surface area contributed by atoms with Gasteiger partial charge in [-0.15, -0.1) is 13.2 Å². The maximum Gasteiger partial charge on any atom is 0.0484 e. The molecule has 0 aromatic rings. The highest BCUT2D eigenvalue weighted by Gasteiger charge is 2.08. The molecule has 0 saturated carbocycles. The highest BCUT2D eigenvalue weighted by molar-refractivity contribution is 4.86. The second-order valence-electron chi connectivity index (χ2n) is 4.72. The number of hydrogen-bond acceptors (Lipinski definition) is 3. The molecule has 2 atom stereocenters. The molecule has 0 bridgehead atoms. The van der Waals surface area contributed by atoms with Crippen molar-refractivity contribution in [1.82, 2.24) is 9.80 Å². The maximum atomic E-state index is 5.65. The first-order valence-corrected chi connectivity index (χ1v) is 6.18. The van der Waals surface area contributed by atoms with E-state index in [-0.39, 0.29) is 0 Å². The Labute approximate surface area is 107 Å². The Morgan fingerprint density at radius 1 is 0.882 bits per heavy atom. The van der Waals surface area contributed by atoms with Gasteiger partial charge >= 0.3 is 0 Å². The van der Waals surface area contributed by atoms with E-state index in [0.29, 0.717) is 12.1 Å². The fourth-order valence-electron chi connectivity index (χ4n) is 1.68. The van der Waals surface area contributed by atoms with Crippen molar-refractivity contribution in [3.8, 4) is 0 Å². The van der Waals surface area contributed by atoms with Crippen molar-refractivity contribution >= 4 is 0 Å². The highest BCUT2D eigenvalue weighted by Crippen LogP contribution is 2.04. The number of rotatable bonds is 10. The first-order chi connectivity index (χ1) is 8.02. The Balaban J connectivity index is 3.64. The summed E-state index contributed by atoms with van der Waals surface area (Å²) in [6, 6.07) is 0.804. The van der Waals surface area contributed by atoms with E-state index >= 15 is 0 Å². The molecule has 0 spiro atoms. The van der Waals surface area contributed by atoms with Crippen molar-refractivity contribution in [1.29, 1.82) is 0 Å². The van der Waals surface area contributed by atoms with Crippen molar-refractivity contribution in [2.24, 2.45) is 0 Å². The Kier molecular flexibility index (Phi) is 9.04. The standard InChI is InChI=1S/C14H28N2O/c1-7-13(15(3)4)9-11-17-12-10-14(8-2)16(5)6/h7-8,13-14H,1-2,9-12H2,3-6H3. The second kappa shape index (κ2) is 9.40. The van der Waals surface area contributed by atoms with Crippen LogP contribution in [0.2, 0.25) is 0 Å². The predicted octanol–water partition coefficient (Wildman–Crippen LogP) is 2.02. The lowest BCUT2D eigenvalue weighted by Gasteiger charge is -2.22. The van der Waals surface area contributed by atoms with Gasteiger partial charge in [0, 0.05) is 25.3 Å². The molecule has 0 amide bonds. The van der Waals surface area contributed by atoms with Gasteiger partial charge in [-0.25, -0.2) is 0 Å². The summed E-state index contributed by atoms with van der Waals surface area (Å²) in [6.07, 6.45) is 5.93. The Bertz CT molecular complexity index is 192. The van der Waals surface area contributed by atoms with Crippen molar-refractivity contribution in [3.63, 3.8) is 0 Å². The van der Waals surface area contributed by atoms with Crippen LogP contribution >= 0.6 is 0 Å². The zero-order chi connectivity index (χ0) is 13.3. The Hall–Kier alpha value is -0.640. The molecular weight excluding hydrogens is 212 g/mol. The van der Waals surface area contributed by atoms with Gasteiger partial charge in [0.05, 0.1) is 0 Å². The van der Waals surface area contributed by atoms with E-state index in [0.717, 1.165) is 26.1 Å². The van der Waals surface area contributed by atoms with Gasteiger partial charge in [0.15, 0.2) is 0 Å². The normalized spacial score (nSPS) is 14.9. The van der Waals surface area contributed by atoms with Crippen LogP contribution in [-0.2, 0) is 4.74 Å². The van der Waals surface area contributed by atoms with Gasteiger partial charge in [-0.1, -0.05) is 12.2 Å². The van der Waals surface area contributed by atoms with Crippen molar-refractivity contribution in [2.75, 3.05) is 41.4 Å². The number of hydrogen-bond donors (Lipinski definition) is 0. The number of likely N-dealkylation sites (N-methyl/N-ethyl adjacent to an activating group) is 2. The van der Waals surface area contributed by atoms with Gasteiger partial charge in [-0.05, 0) is 41.0 Å². The molecular formula is C14H28N2O. The fourth-order valence-corrected chi connectivity index (χ4v) is 1.68. The number of ether oxygens (including phenoxy) is 1. The monoisotopic (exact) mass is 240 g/mol. The summed E-state index contributed by atoms with van der Waals surface area (Å²) in [6.45, 7) is 9.23. The smallest absolute Gasteiger partial charge is 0.0484 e. The van der Waals surface area contributed by atoms with Crippen LogP contribution in [0.4, 0.5) is 0 Å². The van der Waals surface area contributed by atoms with E-state index in [2.05, 4.69) is 51.1 Å². The van der Waals surface area contributed by atoms with Crippen molar-refractivity contribution in [3.05, 3.63) is 25.3 Å². The van der Waals surface area contributed by atoms with Crippen LogP contribution in [0.3, 0.4) is 0 Å². The van der Waals surface area contributed by atoms with Crippen LogP contribution in [0.25, 0.3) is 0 Å². The number of nitrogens with zero attached hydrogens (tertiary/aromatic N) is 2. The van der Waals surface area contributed by atoms with Gasteiger partial charge < -0.3 is 14.5 Å². The minimum atomic E-state index is 0.402. The van der Waals surface area contributed by atoms with E-state index < -0.39 is 0 Å². The molecule has 0 aliphatic heterocycles. The zero-order valence-corrected chi connectivity index (χ0v) is 11.9. The van der Waals surface area contributed by atoms with E-state index in [9.17, 15) is 0 Å². The van der Waals surface area contributed by atoms with Gasteiger partial charge in [0.25, 0.3) is 0 Å². The molecule has 2 unspecified atom stereocenters. The van der Waals surface area contributed by atoms with Crippen LogP contribution in [0, 0.1) is 0 Å². The fraction of sp³-hybridized carbons (Fsp3) is 0.714. The minimum absolute atomic E-state index is 0.402. The lowest BCUT2D eigenvalue weighted by Crippen LogP contribution is -2.28. The summed E-state index contributed by atoms with van der Waals surface area (Å²) in [5.74, 6) is 0. The van der Waals surface area contributed by atoms with Crippen LogP contribution in [0.1, 0.15) is 12.8 Å². The summed E-state index contributed by atoms with van der Waals surface area (Å²) < 4.78 is 5.65. The van der Waals surface area contributed by atoms with Gasteiger partial charge in [0.2, 0.25) is 0 Å². The quantitative estimate of drug-likeness (QED) is 0.429. The molecule has 0 N–H and O–H groups in total. The molecule has 17 heavy (non-hydrogen) atoms. The third-order valence-electron chi connectivity index (χ3n) is 2.99. The zero-order valence-electron chi connectivity index (χ0n) is 11.9. The van der Waals surface area contributed by atoms with Crippen molar-refractivity contribution in [2.45, 2.75) is 24.9 Å². The highest BCUT2D eigenvalue weighted by atomic mass is 16.5. The molecule has 0 radical (unpaired) electrons. The molecule has 0 heterocycles. The summed E-state index contributed by atoms with van der Waals surface area (Å²) in [5, 5.41) is 0. The molecule has 0 saturated heterocycles. The van der Waals surface area contributed by atoms with E-state index in [1.165, 1.54) is 0 Å². The molecule has 0 aromatic heterocycles. The summed E-state index contributed by atoms with van der Waals surface area (Å²) in [5.41, 5.74) is 0. The maximum absolute atomic E-state index is 5.65. The molecule has 0 rings (SSSR count). The molecule has 0 aliphatic rings. The van der Waals surface area contributed by atoms with E-state index in [1.54, 1.807) is 0 Å². The first-order valence-electron chi connectivity index (χ1n) is 6.18. The van der Waals surface area contributed by atoms with Gasteiger partial charge in [-0.2, -0.15) is 0 Å². The largest absolute Gasteiger partial charge is 0.381 e. The lowest BCUT2D eigenvalue weighted by atomic mass is 10.2. The van der Waals surface area contributed by atoms with E-state index in [4.69, 9.17) is 4.74 Å². The van der Waals surface area contributed by atoms with Crippen LogP contribution < -0.4 is 0 Å². The third-order valence-corrected chi connectivity index (χ3v) is 2.99. The van der Waals surface area contributed by atoms with Gasteiger partial charge in [0.1, 0.15) is 0 Å². The molecule has 100 valence electrons. The average molecular weight is 240 g/mol.